The summed E-state index contributed by atoms with van der Waals surface area (Å²) in [6.07, 6.45) is 0.258. The summed E-state index contributed by atoms with van der Waals surface area (Å²) in [5, 5.41) is 0. The number of amides is 2. The van der Waals surface area contributed by atoms with Gasteiger partial charge in [-0.3, -0.25) is 9.59 Å². The molecule has 1 aromatic heterocycles. The van der Waals surface area contributed by atoms with Gasteiger partial charge in [-0.2, -0.15) is 0 Å². The number of carbonyl (C=O) groups is 2. The molecule has 30 heavy (non-hydrogen) atoms. The van der Waals surface area contributed by atoms with Gasteiger partial charge < -0.3 is 19.1 Å². The van der Waals surface area contributed by atoms with E-state index in [9.17, 15) is 9.59 Å². The Hall–Kier alpha value is -3.35. The molecule has 2 amide bonds. The number of oxazole rings is 1. The van der Waals surface area contributed by atoms with Gasteiger partial charge in [-0.15, -0.1) is 0 Å². The number of hydrogen-bond donors (Lipinski definition) is 0. The van der Waals surface area contributed by atoms with Crippen molar-refractivity contribution in [2.24, 2.45) is 5.92 Å². The van der Waals surface area contributed by atoms with Gasteiger partial charge >= 0.3 is 0 Å². The topological polar surface area (TPSA) is 69.9 Å². The van der Waals surface area contributed by atoms with Crippen LogP contribution in [0, 0.1) is 12.8 Å². The van der Waals surface area contributed by atoms with Gasteiger partial charge in [0.2, 0.25) is 11.8 Å². The second-order valence-electron chi connectivity index (χ2n) is 7.94. The van der Waals surface area contributed by atoms with Crippen molar-refractivity contribution in [1.82, 2.24) is 9.88 Å². The van der Waals surface area contributed by atoms with Crippen LogP contribution >= 0.6 is 0 Å². The maximum atomic E-state index is 13.1. The first-order chi connectivity index (χ1) is 14.6. The average Bonchev–Trinajstić information content (AvgIpc) is 3.35. The third kappa shape index (κ3) is 3.40. The summed E-state index contributed by atoms with van der Waals surface area (Å²) in [6.45, 7) is 5.20. The molecule has 7 heteroatoms. The molecule has 0 unspecified atom stereocenters. The molecule has 7 nitrogen and oxygen atoms in total. The maximum Gasteiger partial charge on any atom is 0.228 e. The fourth-order valence-corrected chi connectivity index (χ4v) is 4.40. The lowest BCUT2D eigenvalue weighted by molar-refractivity contribution is -0.136. The molecule has 3 aromatic rings. The number of hydrogen-bond acceptors (Lipinski definition) is 5. The molecular formula is C23H24N4O3. The molecule has 0 radical (unpaired) electrons. The van der Waals surface area contributed by atoms with E-state index < -0.39 is 0 Å². The number of aromatic nitrogens is 1. The zero-order chi connectivity index (χ0) is 20.7. The minimum atomic E-state index is -0.296. The van der Waals surface area contributed by atoms with E-state index in [1.807, 2.05) is 41.3 Å². The van der Waals surface area contributed by atoms with Gasteiger partial charge in [0.1, 0.15) is 5.52 Å². The van der Waals surface area contributed by atoms with Crippen LogP contribution in [-0.4, -0.2) is 54.4 Å². The first-order valence-corrected chi connectivity index (χ1v) is 10.3. The second-order valence-corrected chi connectivity index (χ2v) is 7.94. The molecule has 2 fully saturated rings. The third-order valence-corrected chi connectivity index (χ3v) is 5.98. The summed E-state index contributed by atoms with van der Waals surface area (Å²) < 4.78 is 5.51. The number of rotatable bonds is 3. The maximum absolute atomic E-state index is 13.1. The predicted molar refractivity (Wildman–Crippen MR) is 114 cm³/mol. The summed E-state index contributed by atoms with van der Waals surface area (Å²) in [5.41, 5.74) is 3.38. The molecule has 0 bridgehead atoms. The van der Waals surface area contributed by atoms with Gasteiger partial charge in [0, 0.05) is 57.4 Å². The van der Waals surface area contributed by atoms with Crippen molar-refractivity contribution in [3.05, 3.63) is 54.4 Å². The monoisotopic (exact) mass is 404 g/mol. The van der Waals surface area contributed by atoms with Crippen LogP contribution in [0.5, 0.6) is 0 Å². The molecule has 0 N–H and O–H groups in total. The second kappa shape index (κ2) is 7.48. The lowest BCUT2D eigenvalue weighted by atomic mass is 10.1. The fraction of sp³-hybridized carbons (Fsp3) is 0.348. The third-order valence-electron chi connectivity index (χ3n) is 5.98. The van der Waals surface area contributed by atoms with Gasteiger partial charge in [0.25, 0.3) is 0 Å². The van der Waals surface area contributed by atoms with Crippen LogP contribution in [0.2, 0.25) is 0 Å². The summed E-state index contributed by atoms with van der Waals surface area (Å²) in [5.74, 6) is 0.362. The van der Waals surface area contributed by atoms with Gasteiger partial charge in [-0.25, -0.2) is 4.98 Å². The minimum absolute atomic E-state index is 0.0177. The first kappa shape index (κ1) is 18.7. The van der Waals surface area contributed by atoms with Crippen molar-refractivity contribution in [1.29, 1.82) is 0 Å². The lowest BCUT2D eigenvalue weighted by Crippen LogP contribution is -2.50. The Kier molecular flexibility index (Phi) is 4.65. The molecule has 0 spiro atoms. The highest BCUT2D eigenvalue weighted by molar-refractivity contribution is 6.01. The number of fused-ring (bicyclic) bond motifs is 1. The van der Waals surface area contributed by atoms with E-state index in [-0.39, 0.29) is 24.2 Å². The molecule has 2 aromatic carbocycles. The van der Waals surface area contributed by atoms with Crippen LogP contribution in [0.4, 0.5) is 11.4 Å². The standard InChI is InChI=1S/C23H24N4O3/c1-16-24-20-14-19(7-8-21(20)30-16)27-15-17(13-22(27)28)23(29)26-11-9-25(10-12-26)18-5-3-2-4-6-18/h2-8,14,17H,9-13,15H2,1H3/t17-/m0/s1. The zero-order valence-electron chi connectivity index (χ0n) is 17.0. The van der Waals surface area contributed by atoms with E-state index in [1.54, 1.807) is 11.8 Å². The van der Waals surface area contributed by atoms with Crippen molar-refractivity contribution in [3.63, 3.8) is 0 Å². The highest BCUT2D eigenvalue weighted by atomic mass is 16.3. The van der Waals surface area contributed by atoms with Gasteiger partial charge in [-0.05, 0) is 30.3 Å². The molecular weight excluding hydrogens is 380 g/mol. The molecule has 2 aliphatic heterocycles. The quantitative estimate of drug-likeness (QED) is 0.671. The van der Waals surface area contributed by atoms with Gasteiger partial charge in [0.05, 0.1) is 5.92 Å². The Bertz CT molecular complexity index is 1090. The SMILES string of the molecule is Cc1nc2cc(N3C[C@@H](C(=O)N4CCN(c5ccccc5)CC4)CC3=O)ccc2o1. The van der Waals surface area contributed by atoms with Crippen LogP contribution in [0.25, 0.3) is 11.1 Å². The Labute approximate surface area is 174 Å². The van der Waals surface area contributed by atoms with Crippen LogP contribution in [0.3, 0.4) is 0 Å². The molecule has 2 aliphatic rings. The van der Waals surface area contributed by atoms with E-state index in [0.29, 0.717) is 31.1 Å². The van der Waals surface area contributed by atoms with E-state index >= 15 is 0 Å². The molecule has 0 aliphatic carbocycles. The Balaban J connectivity index is 1.24. The number of para-hydroxylation sites is 1. The van der Waals surface area contributed by atoms with Crippen molar-refractivity contribution in [2.45, 2.75) is 13.3 Å². The van der Waals surface area contributed by atoms with Crippen molar-refractivity contribution in [2.75, 3.05) is 42.5 Å². The van der Waals surface area contributed by atoms with Gasteiger partial charge in [-0.1, -0.05) is 18.2 Å². The Morgan fingerprint density at radius 2 is 1.80 bits per heavy atom. The number of benzene rings is 2. The normalized spacial score (nSPS) is 19.7. The van der Waals surface area contributed by atoms with Gasteiger partial charge in [0.15, 0.2) is 11.5 Å². The highest BCUT2D eigenvalue weighted by Gasteiger charge is 2.38. The van der Waals surface area contributed by atoms with Crippen molar-refractivity contribution in [3.8, 4) is 0 Å². The van der Waals surface area contributed by atoms with Crippen LogP contribution in [-0.2, 0) is 9.59 Å². The minimum Gasteiger partial charge on any atom is -0.441 e. The fourth-order valence-electron chi connectivity index (χ4n) is 4.40. The smallest absolute Gasteiger partial charge is 0.228 e. The predicted octanol–water partition coefficient (Wildman–Crippen LogP) is 2.84. The van der Waals surface area contributed by atoms with Crippen molar-refractivity contribution < 1.29 is 14.0 Å². The van der Waals surface area contributed by atoms with E-state index in [0.717, 1.165) is 24.3 Å². The Morgan fingerprint density at radius 1 is 1.03 bits per heavy atom. The molecule has 154 valence electrons. The van der Waals surface area contributed by atoms with E-state index in [1.165, 1.54) is 5.69 Å². The number of aryl methyl sites for hydroxylation is 1. The summed E-state index contributed by atoms with van der Waals surface area (Å²) in [4.78, 5) is 36.0. The van der Waals surface area contributed by atoms with Crippen LogP contribution in [0.15, 0.2) is 52.9 Å². The molecule has 5 rings (SSSR count). The first-order valence-electron chi connectivity index (χ1n) is 10.3. The average molecular weight is 404 g/mol. The van der Waals surface area contributed by atoms with E-state index in [2.05, 4.69) is 22.0 Å². The number of anilines is 2. The molecule has 0 saturated carbocycles. The lowest BCUT2D eigenvalue weighted by Gasteiger charge is -2.37. The summed E-state index contributed by atoms with van der Waals surface area (Å²) in [6, 6.07) is 15.8. The van der Waals surface area contributed by atoms with Crippen LogP contribution in [0.1, 0.15) is 12.3 Å². The number of nitrogens with zero attached hydrogens (tertiary/aromatic N) is 4. The summed E-state index contributed by atoms with van der Waals surface area (Å²) >= 11 is 0. The largest absolute Gasteiger partial charge is 0.441 e. The number of carbonyl (C=O) groups excluding carboxylic acids is 2. The zero-order valence-corrected chi connectivity index (χ0v) is 17.0. The molecule has 1 atom stereocenters. The highest BCUT2D eigenvalue weighted by Crippen LogP contribution is 2.29. The summed E-state index contributed by atoms with van der Waals surface area (Å²) in [7, 11) is 0. The van der Waals surface area contributed by atoms with Crippen LogP contribution < -0.4 is 9.80 Å². The number of piperazine rings is 1. The molecule has 3 heterocycles. The Morgan fingerprint density at radius 3 is 2.57 bits per heavy atom. The van der Waals surface area contributed by atoms with E-state index in [4.69, 9.17) is 4.42 Å². The molecule has 2 saturated heterocycles. The van der Waals surface area contributed by atoms with Crippen molar-refractivity contribution >= 4 is 34.3 Å².